The Morgan fingerprint density at radius 3 is 2.35 bits per heavy atom. The van der Waals surface area contributed by atoms with Gasteiger partial charge in [-0.2, -0.15) is 8.42 Å². The highest BCUT2D eigenvalue weighted by atomic mass is 32.3. The Morgan fingerprint density at radius 1 is 1.06 bits per heavy atom. The Kier molecular flexibility index (Phi) is 6.10. The monoisotopic (exact) mass is 498 g/mol. The molecule has 0 spiro atoms. The highest BCUT2D eigenvalue weighted by molar-refractivity contribution is 7.80. The third-order valence-electron chi connectivity index (χ3n) is 10.8. The van der Waals surface area contributed by atoms with Crippen LogP contribution in [0, 0.1) is 46.3 Å². The molecule has 1 aliphatic heterocycles. The molecule has 5 rings (SSSR count). The van der Waals surface area contributed by atoms with E-state index in [1.54, 1.807) is 0 Å². The molecule has 194 valence electrons. The van der Waals surface area contributed by atoms with E-state index in [0.29, 0.717) is 48.7 Å². The van der Waals surface area contributed by atoms with Crippen LogP contribution in [-0.2, 0) is 19.3 Å². The highest BCUT2D eigenvalue weighted by Crippen LogP contribution is 2.67. The van der Waals surface area contributed by atoms with Gasteiger partial charge in [-0.05, 0) is 84.9 Å². The van der Waals surface area contributed by atoms with Gasteiger partial charge < -0.3 is 14.9 Å². The second kappa shape index (κ2) is 8.25. The Labute approximate surface area is 204 Å². The van der Waals surface area contributed by atoms with Crippen molar-refractivity contribution in [3.8, 4) is 0 Å². The fourth-order valence-electron chi connectivity index (χ4n) is 9.11. The van der Waals surface area contributed by atoms with Gasteiger partial charge in [0.25, 0.3) is 0 Å². The summed E-state index contributed by atoms with van der Waals surface area (Å²) in [4.78, 5) is 0. The first kappa shape index (κ1) is 25.2. The number of aliphatic hydroxyl groups is 2. The molecule has 8 heteroatoms. The van der Waals surface area contributed by atoms with E-state index in [2.05, 4.69) is 40.7 Å². The van der Waals surface area contributed by atoms with Gasteiger partial charge in [-0.15, -0.1) is 0 Å². The predicted octanol–water partition coefficient (Wildman–Crippen LogP) is 3.75. The Balaban J connectivity index is 1.42. The minimum absolute atomic E-state index is 0.216. The summed E-state index contributed by atoms with van der Waals surface area (Å²) < 4.78 is 43.5. The first-order valence-corrected chi connectivity index (χ1v) is 14.5. The lowest BCUT2D eigenvalue weighted by molar-refractivity contribution is -0.165. The first-order valence-electron chi connectivity index (χ1n) is 13.1. The van der Waals surface area contributed by atoms with Crippen molar-refractivity contribution in [2.75, 3.05) is 0 Å². The Hall–Kier alpha value is -0.510. The van der Waals surface area contributed by atoms with Crippen molar-refractivity contribution in [3.05, 3.63) is 11.6 Å². The summed E-state index contributed by atoms with van der Waals surface area (Å²) in [5.74, 6) is 2.12. The van der Waals surface area contributed by atoms with Crippen molar-refractivity contribution in [2.24, 2.45) is 46.3 Å². The van der Waals surface area contributed by atoms with E-state index in [1.165, 1.54) is 12.0 Å². The zero-order valence-corrected chi connectivity index (χ0v) is 21.9. The molecule has 4 aliphatic carbocycles. The van der Waals surface area contributed by atoms with Crippen LogP contribution in [0.15, 0.2) is 11.6 Å². The number of fused-ring (bicyclic) bond motifs is 5. The number of ether oxygens (including phenoxy) is 1. The van der Waals surface area contributed by atoms with Crippen molar-refractivity contribution in [3.63, 3.8) is 0 Å². The summed E-state index contributed by atoms with van der Waals surface area (Å²) in [7, 11) is -4.74. The van der Waals surface area contributed by atoms with E-state index in [9.17, 15) is 23.2 Å². The zero-order valence-electron chi connectivity index (χ0n) is 21.1. The number of hydrogen-bond donors (Lipinski definition) is 3. The molecule has 0 aromatic heterocycles. The van der Waals surface area contributed by atoms with E-state index in [-0.39, 0.29) is 17.3 Å². The molecule has 5 aliphatic rings. The summed E-state index contributed by atoms with van der Waals surface area (Å²) in [6.45, 7) is 11.4. The lowest BCUT2D eigenvalue weighted by Crippen LogP contribution is -2.60. The largest absolute Gasteiger partial charge is 0.397 e. The maximum absolute atomic E-state index is 11.5. The van der Waals surface area contributed by atoms with Crippen LogP contribution in [0.3, 0.4) is 0 Å². The molecule has 0 aromatic rings. The highest BCUT2D eigenvalue weighted by Gasteiger charge is 2.63. The fraction of sp³-hybridized carbons (Fsp3) is 0.923. The molecular weight excluding hydrogens is 456 g/mol. The number of aliphatic hydroxyl groups excluding tert-OH is 2. The SMILES string of the molecule is CC(C)[C@@H]1O[C@H]1[C@@H](C)[C@H]1CC[C@H]2C3=CCC4[C@H](OS(=O)(=O)O)[C@@H](O)[C@H](O)C[C@]4(C)[C@H]3CC[C@]12C. The van der Waals surface area contributed by atoms with Crippen LogP contribution in [0.5, 0.6) is 0 Å². The van der Waals surface area contributed by atoms with Gasteiger partial charge in [-0.3, -0.25) is 4.55 Å². The van der Waals surface area contributed by atoms with E-state index in [4.69, 9.17) is 8.92 Å². The van der Waals surface area contributed by atoms with Crippen LogP contribution in [0.4, 0.5) is 0 Å². The summed E-state index contributed by atoms with van der Waals surface area (Å²) in [5.41, 5.74) is 1.29. The maximum Gasteiger partial charge on any atom is 0.397 e. The minimum atomic E-state index is -4.74. The standard InChI is InChI=1S/C26H42O7S/c1-13(2)22-23(32-22)14(3)16-8-9-17-15-6-7-19-24(33-34(29,30)31)21(28)20(27)12-26(19,5)18(15)10-11-25(16,17)4/h6,13-14,16-24,27-28H,7-12H2,1-5H3,(H,29,30,31)/t14-,16+,17-,18-,19?,20+,21-,22-,23-,24-,25+,26+/m0/s1. The van der Waals surface area contributed by atoms with E-state index in [0.717, 1.165) is 19.3 Å². The van der Waals surface area contributed by atoms with Gasteiger partial charge in [-0.1, -0.05) is 46.3 Å². The molecule has 3 saturated carbocycles. The molecular formula is C26H42O7S. The summed E-state index contributed by atoms with van der Waals surface area (Å²) in [6, 6.07) is 0. The van der Waals surface area contributed by atoms with E-state index >= 15 is 0 Å². The van der Waals surface area contributed by atoms with Gasteiger partial charge in [0.1, 0.15) is 12.2 Å². The Bertz CT molecular complexity index is 947. The van der Waals surface area contributed by atoms with E-state index < -0.39 is 34.1 Å². The van der Waals surface area contributed by atoms with Crippen molar-refractivity contribution in [1.82, 2.24) is 0 Å². The minimum Gasteiger partial charge on any atom is -0.390 e. The van der Waals surface area contributed by atoms with Gasteiger partial charge in [-0.25, -0.2) is 4.18 Å². The average Bonchev–Trinajstić information content (AvgIpc) is 3.46. The molecule has 1 heterocycles. The van der Waals surface area contributed by atoms with Crippen LogP contribution in [0.2, 0.25) is 0 Å². The molecule has 3 N–H and O–H groups in total. The van der Waals surface area contributed by atoms with Gasteiger partial charge in [0.2, 0.25) is 0 Å². The predicted molar refractivity (Wildman–Crippen MR) is 127 cm³/mol. The van der Waals surface area contributed by atoms with Gasteiger partial charge >= 0.3 is 10.4 Å². The first-order chi connectivity index (χ1) is 15.8. The number of allylic oxidation sites excluding steroid dienone is 2. The molecule has 1 unspecified atom stereocenters. The second-order valence-corrected chi connectivity index (χ2v) is 13.9. The number of hydrogen-bond acceptors (Lipinski definition) is 6. The topological polar surface area (TPSA) is 117 Å². The van der Waals surface area contributed by atoms with E-state index in [1.807, 2.05) is 0 Å². The number of epoxide rings is 1. The zero-order chi connectivity index (χ0) is 24.8. The molecule has 7 nitrogen and oxygen atoms in total. The summed E-state index contributed by atoms with van der Waals surface area (Å²) in [5, 5.41) is 21.3. The Morgan fingerprint density at radius 2 is 1.74 bits per heavy atom. The van der Waals surface area contributed by atoms with Crippen LogP contribution in [0.25, 0.3) is 0 Å². The second-order valence-electron chi connectivity index (χ2n) is 12.8. The molecule has 0 aromatic carbocycles. The van der Waals surface area contributed by atoms with Crippen LogP contribution >= 0.6 is 0 Å². The van der Waals surface area contributed by atoms with Crippen molar-refractivity contribution >= 4 is 10.4 Å². The normalized spacial score (nSPS) is 51.3. The van der Waals surface area contributed by atoms with Gasteiger partial charge in [0.15, 0.2) is 0 Å². The molecule has 12 atom stereocenters. The average molecular weight is 499 g/mol. The molecule has 0 bridgehead atoms. The summed E-state index contributed by atoms with van der Waals surface area (Å²) in [6.07, 6.45) is 4.89. The number of rotatable bonds is 5. The molecule has 34 heavy (non-hydrogen) atoms. The fourth-order valence-corrected chi connectivity index (χ4v) is 9.63. The van der Waals surface area contributed by atoms with Crippen molar-refractivity contribution in [1.29, 1.82) is 0 Å². The summed E-state index contributed by atoms with van der Waals surface area (Å²) >= 11 is 0. The lowest BCUT2D eigenvalue weighted by atomic mass is 9.47. The molecule has 0 radical (unpaired) electrons. The van der Waals surface area contributed by atoms with Gasteiger partial charge in [0, 0.05) is 0 Å². The van der Waals surface area contributed by atoms with Crippen LogP contribution in [-0.4, -0.2) is 53.7 Å². The third-order valence-corrected chi connectivity index (χ3v) is 11.3. The quantitative estimate of drug-likeness (QED) is 0.300. The van der Waals surface area contributed by atoms with Crippen molar-refractivity contribution < 1.29 is 32.1 Å². The third kappa shape index (κ3) is 3.82. The smallest absolute Gasteiger partial charge is 0.390 e. The maximum atomic E-state index is 11.5. The van der Waals surface area contributed by atoms with Crippen LogP contribution in [0.1, 0.15) is 73.1 Å². The van der Waals surface area contributed by atoms with Gasteiger partial charge in [0.05, 0.1) is 18.3 Å². The molecule has 1 saturated heterocycles. The molecule has 4 fully saturated rings. The lowest BCUT2D eigenvalue weighted by Gasteiger charge is -2.59. The molecule has 0 amide bonds. The van der Waals surface area contributed by atoms with Crippen LogP contribution < -0.4 is 0 Å². The van der Waals surface area contributed by atoms with Crippen molar-refractivity contribution in [2.45, 2.75) is 104 Å².